The first kappa shape index (κ1) is 25.5. The van der Waals surface area contributed by atoms with Crippen LogP contribution in [-0.4, -0.2) is 33.2 Å². The lowest BCUT2D eigenvalue weighted by molar-refractivity contribution is 0.407. The van der Waals surface area contributed by atoms with Crippen molar-refractivity contribution in [3.63, 3.8) is 0 Å². The minimum absolute atomic E-state index is 0.344. The van der Waals surface area contributed by atoms with E-state index in [1.54, 1.807) is 0 Å². The van der Waals surface area contributed by atoms with Crippen LogP contribution in [0.25, 0.3) is 0 Å². The highest BCUT2D eigenvalue weighted by atomic mass is 32.2. The van der Waals surface area contributed by atoms with Gasteiger partial charge in [0.15, 0.2) is 11.5 Å². The highest BCUT2D eigenvalue weighted by Crippen LogP contribution is 2.29. The molecule has 8 heteroatoms. The van der Waals surface area contributed by atoms with Crippen LogP contribution in [-0.2, 0) is 10.8 Å². The molecule has 0 aliphatic rings. The fourth-order valence-electron chi connectivity index (χ4n) is 3.15. The molecule has 0 aliphatic heterocycles. The van der Waals surface area contributed by atoms with E-state index in [2.05, 4.69) is 0 Å². The van der Waals surface area contributed by atoms with Gasteiger partial charge in [0, 0.05) is 11.1 Å². The summed E-state index contributed by atoms with van der Waals surface area (Å²) < 4.78 is 10.1. The molecular weight excluding hydrogens is 436 g/mol. The molecular formula is C23H32O6S2. The van der Waals surface area contributed by atoms with E-state index in [0.717, 1.165) is 54.8 Å². The Balaban J connectivity index is 1.64. The lowest BCUT2D eigenvalue weighted by Gasteiger charge is -2.24. The van der Waals surface area contributed by atoms with Crippen LogP contribution in [0.4, 0.5) is 0 Å². The normalized spacial score (nSPS) is 12.3. The summed E-state index contributed by atoms with van der Waals surface area (Å²) in [5.41, 5.74) is -0.414. The molecule has 6 nitrogen and oxygen atoms in total. The quantitative estimate of drug-likeness (QED) is 0.424. The summed E-state index contributed by atoms with van der Waals surface area (Å²) in [4.78, 5) is 24.2. The monoisotopic (exact) mass is 468 g/mol. The molecule has 0 saturated heterocycles. The molecule has 0 spiro atoms. The molecule has 0 saturated carbocycles. The molecule has 0 radical (unpaired) electrons. The van der Waals surface area contributed by atoms with Gasteiger partial charge in [0.25, 0.3) is 0 Å². The van der Waals surface area contributed by atoms with Crippen molar-refractivity contribution in [2.24, 2.45) is 0 Å². The van der Waals surface area contributed by atoms with Gasteiger partial charge in [-0.2, -0.15) is 23.5 Å². The van der Waals surface area contributed by atoms with Crippen LogP contribution in [0, 0.1) is 0 Å². The maximum absolute atomic E-state index is 12.1. The number of thioether (sulfide) groups is 2. The fourth-order valence-corrected chi connectivity index (χ4v) is 5.75. The van der Waals surface area contributed by atoms with Gasteiger partial charge in [-0.25, -0.2) is 0 Å². The van der Waals surface area contributed by atoms with E-state index in [9.17, 15) is 19.8 Å². The molecule has 0 amide bonds. The molecule has 0 aliphatic carbocycles. The molecule has 0 unspecified atom stereocenters. The topological polar surface area (TPSA) is 101 Å². The van der Waals surface area contributed by atoms with Gasteiger partial charge < -0.3 is 19.0 Å². The van der Waals surface area contributed by atoms with Gasteiger partial charge in [0.1, 0.15) is 12.5 Å². The van der Waals surface area contributed by atoms with E-state index in [-0.39, 0.29) is 33.2 Å². The van der Waals surface area contributed by atoms with Crippen molar-refractivity contribution in [1.29, 1.82) is 0 Å². The van der Waals surface area contributed by atoms with Crippen molar-refractivity contribution < 1.29 is 19.0 Å². The number of hydrogen-bond acceptors (Lipinski definition) is 8. The third-order valence-corrected chi connectivity index (χ3v) is 7.60. The lowest BCUT2D eigenvalue weighted by Crippen LogP contribution is -2.26. The summed E-state index contributed by atoms with van der Waals surface area (Å²) in [6.07, 6.45) is 7.72. The Bertz CT molecular complexity index is 884. The van der Waals surface area contributed by atoms with Gasteiger partial charge in [0.05, 0.1) is 12.5 Å². The molecule has 0 fully saturated rings. The molecule has 2 aromatic rings. The molecule has 2 rings (SSSR count). The highest BCUT2D eigenvalue weighted by Gasteiger charge is 2.26. The maximum Gasteiger partial charge on any atom is 0.230 e. The molecule has 0 aromatic carbocycles. The molecule has 0 atom stereocenters. The molecule has 31 heavy (non-hydrogen) atoms. The SMILES string of the molecule is CC(C)(CCSCCCSCCC(C)(C)c1cocc(O)c1=O)c1cocc(O)c1=O. The fraction of sp³-hybridized carbons (Fsp3) is 0.565. The van der Waals surface area contributed by atoms with Crippen molar-refractivity contribution in [2.45, 2.75) is 57.8 Å². The summed E-state index contributed by atoms with van der Waals surface area (Å²) in [7, 11) is 0. The van der Waals surface area contributed by atoms with E-state index in [0.29, 0.717) is 11.1 Å². The zero-order chi connectivity index (χ0) is 23.1. The van der Waals surface area contributed by atoms with Gasteiger partial charge in [0.2, 0.25) is 10.9 Å². The van der Waals surface area contributed by atoms with E-state index in [1.807, 2.05) is 51.2 Å². The first-order valence-corrected chi connectivity index (χ1v) is 12.6. The molecule has 2 N–H and O–H groups in total. The predicted octanol–water partition coefficient (Wildman–Crippen LogP) is 4.90. The van der Waals surface area contributed by atoms with Crippen LogP contribution in [0.1, 0.15) is 58.1 Å². The third kappa shape index (κ3) is 7.10. The lowest BCUT2D eigenvalue weighted by atomic mass is 9.83. The number of hydrogen-bond donors (Lipinski definition) is 2. The Kier molecular flexibility index (Phi) is 9.18. The zero-order valence-corrected chi connectivity index (χ0v) is 20.2. The molecule has 2 aromatic heterocycles. The molecule has 172 valence electrons. The van der Waals surface area contributed by atoms with Crippen molar-refractivity contribution in [3.05, 3.63) is 56.6 Å². The first-order valence-electron chi connectivity index (χ1n) is 10.3. The van der Waals surface area contributed by atoms with Crippen molar-refractivity contribution in [2.75, 3.05) is 23.0 Å². The first-order chi connectivity index (χ1) is 14.6. The minimum Gasteiger partial charge on any atom is -0.502 e. The van der Waals surface area contributed by atoms with Crippen LogP contribution >= 0.6 is 23.5 Å². The largest absolute Gasteiger partial charge is 0.502 e. The average Bonchev–Trinajstić information content (AvgIpc) is 2.70. The Hall–Kier alpha value is -1.80. The van der Waals surface area contributed by atoms with Gasteiger partial charge in [-0.15, -0.1) is 0 Å². The predicted molar refractivity (Wildman–Crippen MR) is 128 cm³/mol. The Morgan fingerprint density at radius 3 is 1.48 bits per heavy atom. The summed E-state index contributed by atoms with van der Waals surface area (Å²) in [5.74, 6) is 3.24. The van der Waals surface area contributed by atoms with Crippen LogP contribution in [0.5, 0.6) is 11.5 Å². The van der Waals surface area contributed by atoms with Crippen LogP contribution < -0.4 is 10.9 Å². The standard InChI is InChI=1S/C23H32O6S2/c1-22(2,16-12-28-14-18(24)20(16)26)6-10-30-8-5-9-31-11-7-23(3,4)17-13-29-15-19(25)21(17)27/h12-15,24-25H,5-11H2,1-4H3. The van der Waals surface area contributed by atoms with Crippen LogP contribution in [0.3, 0.4) is 0 Å². The van der Waals surface area contributed by atoms with Crippen molar-refractivity contribution in [3.8, 4) is 11.5 Å². The summed E-state index contributed by atoms with van der Waals surface area (Å²) in [6, 6.07) is 0. The van der Waals surface area contributed by atoms with E-state index >= 15 is 0 Å². The average molecular weight is 469 g/mol. The summed E-state index contributed by atoms with van der Waals surface area (Å²) in [5, 5.41) is 19.1. The summed E-state index contributed by atoms with van der Waals surface area (Å²) >= 11 is 3.72. The molecule has 0 bridgehead atoms. The Labute approximate surface area is 191 Å². The van der Waals surface area contributed by atoms with Gasteiger partial charge in [-0.05, 0) is 53.1 Å². The minimum atomic E-state index is -0.357. The van der Waals surface area contributed by atoms with E-state index < -0.39 is 0 Å². The van der Waals surface area contributed by atoms with Crippen molar-refractivity contribution >= 4 is 23.5 Å². The maximum atomic E-state index is 12.1. The van der Waals surface area contributed by atoms with Crippen LogP contribution in [0.2, 0.25) is 0 Å². The number of rotatable bonds is 12. The van der Waals surface area contributed by atoms with Gasteiger partial charge in [-0.1, -0.05) is 27.7 Å². The third-order valence-electron chi connectivity index (χ3n) is 5.46. The van der Waals surface area contributed by atoms with Gasteiger partial charge in [-0.3, -0.25) is 9.59 Å². The zero-order valence-electron chi connectivity index (χ0n) is 18.6. The Morgan fingerprint density at radius 2 is 1.10 bits per heavy atom. The van der Waals surface area contributed by atoms with Gasteiger partial charge >= 0.3 is 0 Å². The number of aromatic hydroxyl groups is 2. The second-order valence-corrected chi connectivity index (χ2v) is 11.3. The molecule has 2 heterocycles. The second kappa shape index (κ2) is 11.2. The smallest absolute Gasteiger partial charge is 0.230 e. The Morgan fingerprint density at radius 1 is 0.710 bits per heavy atom. The highest BCUT2D eigenvalue weighted by molar-refractivity contribution is 8.00. The van der Waals surface area contributed by atoms with E-state index in [1.165, 1.54) is 12.5 Å². The van der Waals surface area contributed by atoms with Crippen molar-refractivity contribution in [1.82, 2.24) is 0 Å². The van der Waals surface area contributed by atoms with Crippen LogP contribution in [0.15, 0.2) is 43.5 Å². The van der Waals surface area contributed by atoms with E-state index in [4.69, 9.17) is 8.83 Å². The second-order valence-electron chi connectivity index (χ2n) is 8.85. The summed E-state index contributed by atoms with van der Waals surface area (Å²) in [6.45, 7) is 7.96.